The molecule has 5 aliphatic rings. The van der Waals surface area contributed by atoms with Crippen molar-refractivity contribution in [1.82, 2.24) is 25.3 Å². The van der Waals surface area contributed by atoms with Gasteiger partial charge in [-0.25, -0.2) is 0 Å². The number of nitrogens with one attached hydrogen (secondary N) is 2. The van der Waals surface area contributed by atoms with Gasteiger partial charge in [-0.1, -0.05) is 30.8 Å². The number of likely N-dealkylation sites (tertiary alicyclic amines) is 1. The van der Waals surface area contributed by atoms with E-state index in [0.29, 0.717) is 38.1 Å². The number of benzene rings is 1. The minimum atomic E-state index is -0.439. The predicted molar refractivity (Wildman–Crippen MR) is 151 cm³/mol. The number of nitriles is 1. The Morgan fingerprint density at radius 2 is 1.95 bits per heavy atom. The lowest BCUT2D eigenvalue weighted by Crippen LogP contribution is -2.74. The van der Waals surface area contributed by atoms with Crippen molar-refractivity contribution in [2.45, 2.75) is 75.6 Å². The molecule has 3 heterocycles. The van der Waals surface area contributed by atoms with Crippen molar-refractivity contribution in [3.05, 3.63) is 48.0 Å². The molecule has 1 spiro atoms. The molecule has 4 fully saturated rings. The normalized spacial score (nSPS) is 33.9. The average Bonchev–Trinajstić information content (AvgIpc) is 3.56. The number of ether oxygens (including phenoxy) is 1. The van der Waals surface area contributed by atoms with Gasteiger partial charge in [0.15, 0.2) is 12.1 Å². The van der Waals surface area contributed by atoms with Gasteiger partial charge in [-0.3, -0.25) is 25.1 Å². The Hall–Kier alpha value is -2.61. The minimum Gasteiger partial charge on any atom is -0.348 e. The topological polar surface area (TPSA) is 101 Å². The molecule has 2 aliphatic carbocycles. The monoisotopic (exact) mass is 546 g/mol. The van der Waals surface area contributed by atoms with Crippen molar-refractivity contribution in [1.29, 1.82) is 5.26 Å². The third-order valence-corrected chi connectivity index (χ3v) is 10.2. The van der Waals surface area contributed by atoms with Crippen LogP contribution in [0.3, 0.4) is 0 Å². The number of nitrogens with zero attached hydrogens (tertiary/aromatic N) is 4. The van der Waals surface area contributed by atoms with Gasteiger partial charge in [0, 0.05) is 37.0 Å². The number of piperazine rings is 1. The van der Waals surface area contributed by atoms with Crippen LogP contribution in [0.5, 0.6) is 0 Å². The molecule has 0 aromatic heterocycles. The SMILES string of the molecule is C=CC(=O)N1CCN(C2NC(OCC3CCCN3C)NC3C(=O)C4(CCC32)Cc2ccccc2C4)CC1CC#N. The first kappa shape index (κ1) is 27.6. The zero-order chi connectivity index (χ0) is 27.9. The van der Waals surface area contributed by atoms with Gasteiger partial charge >= 0.3 is 0 Å². The first-order chi connectivity index (χ1) is 19.4. The highest BCUT2D eigenvalue weighted by atomic mass is 16.5. The Bertz CT molecular complexity index is 1160. The molecule has 214 valence electrons. The van der Waals surface area contributed by atoms with Gasteiger partial charge < -0.3 is 14.5 Å². The van der Waals surface area contributed by atoms with Crippen LogP contribution in [0.25, 0.3) is 0 Å². The molecule has 0 bridgehead atoms. The highest BCUT2D eigenvalue weighted by Crippen LogP contribution is 2.48. The second kappa shape index (κ2) is 11.3. The summed E-state index contributed by atoms with van der Waals surface area (Å²) in [6.45, 7) is 7.13. The van der Waals surface area contributed by atoms with E-state index in [2.05, 4.69) is 64.4 Å². The summed E-state index contributed by atoms with van der Waals surface area (Å²) in [7, 11) is 2.15. The summed E-state index contributed by atoms with van der Waals surface area (Å²) in [6, 6.07) is 10.6. The number of carbonyl (C=O) groups is 2. The maximum absolute atomic E-state index is 14.4. The van der Waals surface area contributed by atoms with Crippen molar-refractivity contribution >= 4 is 11.7 Å². The lowest BCUT2D eigenvalue weighted by molar-refractivity contribution is -0.152. The number of ketones is 1. The number of hydrogen-bond acceptors (Lipinski definition) is 8. The molecule has 1 aromatic carbocycles. The molecule has 40 heavy (non-hydrogen) atoms. The Balaban J connectivity index is 1.23. The summed E-state index contributed by atoms with van der Waals surface area (Å²) < 4.78 is 6.45. The highest BCUT2D eigenvalue weighted by Gasteiger charge is 2.56. The van der Waals surface area contributed by atoms with E-state index in [0.717, 1.165) is 38.6 Å². The van der Waals surface area contributed by atoms with Gasteiger partial charge in [0.25, 0.3) is 0 Å². The molecule has 2 N–H and O–H groups in total. The fourth-order valence-corrected chi connectivity index (χ4v) is 8.02. The molecular formula is C31H42N6O3. The van der Waals surface area contributed by atoms with E-state index in [9.17, 15) is 14.9 Å². The van der Waals surface area contributed by atoms with Crippen molar-refractivity contribution in [2.24, 2.45) is 11.3 Å². The lowest BCUT2D eigenvalue weighted by Gasteiger charge is -2.54. The Kier molecular flexibility index (Phi) is 7.81. The lowest BCUT2D eigenvalue weighted by atomic mass is 9.64. The zero-order valence-electron chi connectivity index (χ0n) is 23.6. The molecule has 3 aliphatic heterocycles. The second-order valence-corrected chi connectivity index (χ2v) is 12.5. The summed E-state index contributed by atoms with van der Waals surface area (Å²) >= 11 is 0. The molecule has 9 heteroatoms. The van der Waals surface area contributed by atoms with Crippen molar-refractivity contribution in [3.63, 3.8) is 0 Å². The van der Waals surface area contributed by atoms with Crippen LogP contribution >= 0.6 is 0 Å². The molecule has 6 atom stereocenters. The molecule has 6 unspecified atom stereocenters. The largest absolute Gasteiger partial charge is 0.348 e. The third kappa shape index (κ3) is 5.01. The van der Waals surface area contributed by atoms with Crippen LogP contribution in [0.2, 0.25) is 0 Å². The van der Waals surface area contributed by atoms with Gasteiger partial charge in [-0.15, -0.1) is 0 Å². The summed E-state index contributed by atoms with van der Waals surface area (Å²) in [5.41, 5.74) is 2.26. The fourth-order valence-electron chi connectivity index (χ4n) is 8.02. The van der Waals surface area contributed by atoms with Crippen molar-refractivity contribution in [3.8, 4) is 6.07 Å². The first-order valence-corrected chi connectivity index (χ1v) is 14.9. The number of Topliss-reactive ketones (excluding diaryl/α,β-unsaturated/α-hetero) is 1. The Morgan fingerprint density at radius 1 is 1.18 bits per heavy atom. The average molecular weight is 547 g/mol. The number of likely N-dealkylation sites (N-methyl/N-ethyl adjacent to an activating group) is 1. The maximum Gasteiger partial charge on any atom is 0.246 e. The smallest absolute Gasteiger partial charge is 0.246 e. The molecule has 1 aromatic rings. The fraction of sp³-hybridized carbons (Fsp3) is 0.645. The molecule has 1 amide bonds. The van der Waals surface area contributed by atoms with Crippen LogP contribution in [0.15, 0.2) is 36.9 Å². The van der Waals surface area contributed by atoms with Gasteiger partial charge in [-0.2, -0.15) is 5.26 Å². The number of fused-ring (bicyclic) bond motifs is 2. The van der Waals surface area contributed by atoms with E-state index in [4.69, 9.17) is 4.74 Å². The number of carbonyl (C=O) groups excluding carboxylic acids is 2. The summed E-state index contributed by atoms with van der Waals surface area (Å²) in [5.74, 6) is 0.265. The quantitative estimate of drug-likeness (QED) is 0.520. The van der Waals surface area contributed by atoms with Gasteiger partial charge in [0.05, 0.1) is 37.3 Å². The molecule has 3 saturated heterocycles. The van der Waals surface area contributed by atoms with Gasteiger partial charge in [-0.05, 0) is 69.3 Å². The summed E-state index contributed by atoms with van der Waals surface area (Å²) in [6.07, 6.45) is 6.82. The van der Waals surface area contributed by atoms with Crippen molar-refractivity contribution in [2.75, 3.05) is 39.8 Å². The Morgan fingerprint density at radius 3 is 2.62 bits per heavy atom. The van der Waals surface area contributed by atoms with Gasteiger partial charge in [0.1, 0.15) is 0 Å². The van der Waals surface area contributed by atoms with Crippen LogP contribution in [0, 0.1) is 22.7 Å². The zero-order valence-corrected chi connectivity index (χ0v) is 23.6. The minimum absolute atomic E-state index is 0.0789. The Labute approximate surface area is 237 Å². The van der Waals surface area contributed by atoms with Crippen LogP contribution in [-0.2, 0) is 27.2 Å². The number of hydrogen-bond donors (Lipinski definition) is 2. The van der Waals surface area contributed by atoms with Crippen LogP contribution in [-0.4, -0.2) is 96.9 Å². The molecule has 0 radical (unpaired) electrons. The molecule has 6 rings (SSSR count). The van der Waals surface area contributed by atoms with E-state index in [1.807, 2.05) is 0 Å². The molecule has 9 nitrogen and oxygen atoms in total. The van der Waals surface area contributed by atoms with Gasteiger partial charge in [0.2, 0.25) is 5.91 Å². The van der Waals surface area contributed by atoms with E-state index in [-0.39, 0.29) is 41.9 Å². The van der Waals surface area contributed by atoms with E-state index in [1.54, 1.807) is 4.90 Å². The van der Waals surface area contributed by atoms with E-state index in [1.165, 1.54) is 23.6 Å². The first-order valence-electron chi connectivity index (χ1n) is 14.9. The highest BCUT2D eigenvalue weighted by molar-refractivity contribution is 5.92. The predicted octanol–water partition coefficient (Wildman–Crippen LogP) is 1.65. The molecular weight excluding hydrogens is 504 g/mol. The van der Waals surface area contributed by atoms with Crippen LogP contribution < -0.4 is 10.6 Å². The van der Waals surface area contributed by atoms with Crippen LogP contribution in [0.4, 0.5) is 0 Å². The second-order valence-electron chi connectivity index (χ2n) is 12.5. The number of amides is 1. The van der Waals surface area contributed by atoms with E-state index >= 15 is 0 Å². The standard InChI is InChI=1S/C31H42N6O3/c1-3-26(38)37-16-15-36(19-23(37)11-13-32)29-25-10-12-31(17-21-7-4-5-8-22(21)18-31)28(39)27(25)33-30(34-29)40-20-24-9-6-14-35(24)2/h3-5,7-8,23-25,27,29-30,33-34H,1,6,9-12,14-20H2,2H3. The third-order valence-electron chi connectivity index (χ3n) is 10.2. The van der Waals surface area contributed by atoms with Crippen LogP contribution in [0.1, 0.15) is 43.2 Å². The maximum atomic E-state index is 14.4. The van der Waals surface area contributed by atoms with E-state index < -0.39 is 6.35 Å². The summed E-state index contributed by atoms with van der Waals surface area (Å²) in [5, 5.41) is 16.8. The number of rotatable bonds is 6. The van der Waals surface area contributed by atoms with Crippen molar-refractivity contribution < 1.29 is 14.3 Å². The summed E-state index contributed by atoms with van der Waals surface area (Å²) in [4.78, 5) is 33.4. The molecule has 1 saturated carbocycles.